The van der Waals surface area contributed by atoms with Gasteiger partial charge in [0.05, 0.1) is 24.4 Å². The van der Waals surface area contributed by atoms with E-state index in [2.05, 4.69) is 10.3 Å². The van der Waals surface area contributed by atoms with Crippen molar-refractivity contribution in [3.63, 3.8) is 0 Å². The lowest BCUT2D eigenvalue weighted by atomic mass is 10.3. The van der Waals surface area contributed by atoms with Crippen LogP contribution in [0.25, 0.3) is 0 Å². The molecule has 0 fully saturated rings. The quantitative estimate of drug-likeness (QED) is 0.914. The number of aromatic nitrogens is 2. The number of rotatable bonds is 5. The van der Waals surface area contributed by atoms with Gasteiger partial charge in [-0.3, -0.25) is 4.57 Å². The van der Waals surface area contributed by atoms with E-state index >= 15 is 0 Å². The number of hydrogen-bond donors (Lipinski definition) is 1. The van der Waals surface area contributed by atoms with Crippen molar-refractivity contribution < 1.29 is 13.5 Å². The Kier molecular flexibility index (Phi) is 4.21. The molecule has 0 spiro atoms. The Balaban J connectivity index is 2.12. The van der Waals surface area contributed by atoms with Crippen molar-refractivity contribution in [2.45, 2.75) is 13.1 Å². The Morgan fingerprint density at radius 1 is 1.47 bits per heavy atom. The monoisotopic (exact) mass is 287 g/mol. The Morgan fingerprint density at radius 3 is 2.95 bits per heavy atom. The van der Waals surface area contributed by atoms with E-state index in [-0.39, 0.29) is 12.4 Å². The molecular formula is C12H12ClF2N3O. The Labute approximate surface area is 114 Å². The molecule has 2 rings (SSSR count). The number of imidazole rings is 1. The second kappa shape index (κ2) is 5.88. The van der Waals surface area contributed by atoms with Gasteiger partial charge in [0, 0.05) is 18.5 Å². The van der Waals surface area contributed by atoms with Crippen LogP contribution in [0.3, 0.4) is 0 Å². The molecule has 0 unspecified atom stereocenters. The fourth-order valence-corrected chi connectivity index (χ4v) is 1.78. The summed E-state index contributed by atoms with van der Waals surface area (Å²) < 4.78 is 31.1. The van der Waals surface area contributed by atoms with Gasteiger partial charge in [-0.25, -0.2) is 4.98 Å². The summed E-state index contributed by atoms with van der Waals surface area (Å²) in [5, 5.41) is 3.44. The van der Waals surface area contributed by atoms with Crippen LogP contribution >= 0.6 is 11.6 Å². The molecule has 2 aromatic rings. The highest BCUT2D eigenvalue weighted by Gasteiger charge is 2.11. The number of ether oxygens (including phenoxy) is 1. The van der Waals surface area contributed by atoms with Gasteiger partial charge in [-0.15, -0.1) is 0 Å². The number of alkyl halides is 2. The van der Waals surface area contributed by atoms with E-state index in [1.807, 2.05) is 0 Å². The third-order valence-electron chi connectivity index (χ3n) is 2.57. The minimum Gasteiger partial charge on any atom is -0.497 e. The standard InChI is InChI=1S/C12H12ClF2N3O/c1-19-8-2-3-9(13)10(6-8)17-7-11-16-4-5-18(11)12(14)15/h2-6,12,17H,7H2,1H3. The van der Waals surface area contributed by atoms with Gasteiger partial charge in [0.15, 0.2) is 0 Å². The third-order valence-corrected chi connectivity index (χ3v) is 2.90. The first-order chi connectivity index (χ1) is 9.11. The van der Waals surface area contributed by atoms with Crippen LogP contribution in [0, 0.1) is 0 Å². The Morgan fingerprint density at radius 2 is 2.26 bits per heavy atom. The van der Waals surface area contributed by atoms with Gasteiger partial charge in [0.1, 0.15) is 11.6 Å². The smallest absolute Gasteiger partial charge is 0.319 e. The summed E-state index contributed by atoms with van der Waals surface area (Å²) in [7, 11) is 1.54. The zero-order chi connectivity index (χ0) is 13.8. The lowest BCUT2D eigenvalue weighted by molar-refractivity contribution is 0.0673. The second-order valence-corrected chi connectivity index (χ2v) is 4.13. The second-order valence-electron chi connectivity index (χ2n) is 3.73. The highest BCUT2D eigenvalue weighted by atomic mass is 35.5. The summed E-state index contributed by atoms with van der Waals surface area (Å²) in [6.07, 6.45) is 2.56. The van der Waals surface area contributed by atoms with E-state index in [9.17, 15) is 8.78 Å². The summed E-state index contributed by atoms with van der Waals surface area (Å²) in [4.78, 5) is 3.87. The van der Waals surface area contributed by atoms with Gasteiger partial charge in [-0.2, -0.15) is 8.78 Å². The van der Waals surface area contributed by atoms with Gasteiger partial charge in [0.25, 0.3) is 0 Å². The van der Waals surface area contributed by atoms with E-state index in [4.69, 9.17) is 16.3 Å². The lowest BCUT2D eigenvalue weighted by Crippen LogP contribution is -2.09. The maximum Gasteiger partial charge on any atom is 0.319 e. The molecular weight excluding hydrogens is 276 g/mol. The molecule has 0 aliphatic rings. The molecule has 0 atom stereocenters. The minimum atomic E-state index is -2.61. The van der Waals surface area contributed by atoms with E-state index in [0.717, 1.165) is 4.57 Å². The van der Waals surface area contributed by atoms with Gasteiger partial charge < -0.3 is 10.1 Å². The van der Waals surface area contributed by atoms with Crippen LogP contribution in [0.2, 0.25) is 5.02 Å². The predicted octanol–water partition coefficient (Wildman–Crippen LogP) is 3.55. The molecule has 1 N–H and O–H groups in total. The van der Waals surface area contributed by atoms with E-state index < -0.39 is 6.55 Å². The third kappa shape index (κ3) is 3.14. The van der Waals surface area contributed by atoms with Crippen molar-refractivity contribution in [2.75, 3.05) is 12.4 Å². The van der Waals surface area contributed by atoms with Gasteiger partial charge in [-0.05, 0) is 12.1 Å². The van der Waals surface area contributed by atoms with Gasteiger partial charge >= 0.3 is 6.55 Å². The van der Waals surface area contributed by atoms with Crippen molar-refractivity contribution in [3.05, 3.63) is 41.4 Å². The molecule has 4 nitrogen and oxygen atoms in total. The van der Waals surface area contributed by atoms with Crippen LogP contribution < -0.4 is 10.1 Å². The van der Waals surface area contributed by atoms with Crippen molar-refractivity contribution in [3.8, 4) is 5.75 Å². The van der Waals surface area contributed by atoms with Crippen LogP contribution in [-0.2, 0) is 6.54 Å². The van der Waals surface area contributed by atoms with Crippen LogP contribution in [0.15, 0.2) is 30.6 Å². The topological polar surface area (TPSA) is 39.1 Å². The van der Waals surface area contributed by atoms with Crippen molar-refractivity contribution in [1.29, 1.82) is 0 Å². The SMILES string of the molecule is COc1ccc(Cl)c(NCc2nccn2C(F)F)c1. The zero-order valence-corrected chi connectivity index (χ0v) is 10.9. The summed E-state index contributed by atoms with van der Waals surface area (Å²) >= 11 is 6.00. The number of halogens is 3. The van der Waals surface area contributed by atoms with Crippen LogP contribution in [0.4, 0.5) is 14.5 Å². The highest BCUT2D eigenvalue weighted by Crippen LogP contribution is 2.27. The molecule has 0 radical (unpaired) electrons. The number of methoxy groups -OCH3 is 1. The first-order valence-corrected chi connectivity index (χ1v) is 5.87. The Hall–Kier alpha value is -1.82. The number of anilines is 1. The molecule has 0 amide bonds. The van der Waals surface area contributed by atoms with Gasteiger partial charge in [-0.1, -0.05) is 11.6 Å². The molecule has 102 valence electrons. The summed E-state index contributed by atoms with van der Waals surface area (Å²) in [5.41, 5.74) is 0.602. The number of nitrogens with zero attached hydrogens (tertiary/aromatic N) is 2. The maximum atomic E-state index is 12.6. The first kappa shape index (κ1) is 13.6. The van der Waals surface area contributed by atoms with Crippen molar-refractivity contribution >= 4 is 17.3 Å². The largest absolute Gasteiger partial charge is 0.497 e. The van der Waals surface area contributed by atoms with E-state index in [1.54, 1.807) is 18.2 Å². The van der Waals surface area contributed by atoms with E-state index in [1.165, 1.54) is 19.5 Å². The molecule has 19 heavy (non-hydrogen) atoms. The van der Waals surface area contributed by atoms with Crippen molar-refractivity contribution in [1.82, 2.24) is 9.55 Å². The molecule has 0 aliphatic carbocycles. The molecule has 0 bridgehead atoms. The summed E-state index contributed by atoms with van der Waals surface area (Å²) in [6, 6.07) is 5.08. The van der Waals surface area contributed by atoms with Crippen molar-refractivity contribution in [2.24, 2.45) is 0 Å². The summed E-state index contributed by atoms with van der Waals surface area (Å²) in [5.74, 6) is 0.859. The van der Waals surface area contributed by atoms with Crippen LogP contribution in [0.5, 0.6) is 5.75 Å². The molecule has 0 saturated heterocycles. The summed E-state index contributed by atoms with van der Waals surface area (Å²) in [6.45, 7) is -2.47. The normalized spacial score (nSPS) is 10.8. The fourth-order valence-electron chi connectivity index (χ4n) is 1.60. The molecule has 1 aromatic carbocycles. The number of benzene rings is 1. The molecule has 0 aliphatic heterocycles. The number of hydrogen-bond acceptors (Lipinski definition) is 3. The van der Waals surface area contributed by atoms with Gasteiger partial charge in [0.2, 0.25) is 0 Å². The van der Waals surface area contributed by atoms with Crippen LogP contribution in [0.1, 0.15) is 12.4 Å². The maximum absolute atomic E-state index is 12.6. The Bertz CT molecular complexity index is 560. The van der Waals surface area contributed by atoms with E-state index in [0.29, 0.717) is 16.5 Å². The molecule has 0 saturated carbocycles. The number of nitrogens with one attached hydrogen (secondary N) is 1. The van der Waals surface area contributed by atoms with Crippen LogP contribution in [-0.4, -0.2) is 16.7 Å². The average molecular weight is 288 g/mol. The lowest BCUT2D eigenvalue weighted by Gasteiger charge is -2.11. The minimum absolute atomic E-state index is 0.143. The molecule has 7 heteroatoms. The zero-order valence-electron chi connectivity index (χ0n) is 10.1. The predicted molar refractivity (Wildman–Crippen MR) is 68.8 cm³/mol. The molecule has 1 aromatic heterocycles. The average Bonchev–Trinajstić information content (AvgIpc) is 2.86. The fraction of sp³-hybridized carbons (Fsp3) is 0.250. The first-order valence-electron chi connectivity index (χ1n) is 5.49. The highest BCUT2D eigenvalue weighted by molar-refractivity contribution is 6.33. The molecule has 1 heterocycles.